The fourth-order valence-electron chi connectivity index (χ4n) is 2.64. The second kappa shape index (κ2) is 4.69. The van der Waals surface area contributed by atoms with Gasteiger partial charge < -0.3 is 0 Å². The van der Waals surface area contributed by atoms with Gasteiger partial charge in [0.05, 0.1) is 0 Å². The van der Waals surface area contributed by atoms with Gasteiger partial charge in [-0.15, -0.1) is 0 Å². The van der Waals surface area contributed by atoms with Gasteiger partial charge >= 0.3 is 0 Å². The molecule has 16 heavy (non-hydrogen) atoms. The van der Waals surface area contributed by atoms with Crippen LogP contribution in [0.25, 0.3) is 0 Å². The molecule has 0 bridgehead atoms. The molecule has 0 saturated heterocycles. The molecule has 84 valence electrons. The van der Waals surface area contributed by atoms with E-state index in [1.54, 1.807) is 0 Å². The predicted molar refractivity (Wildman–Crippen MR) is 70.5 cm³/mol. The predicted octanol–water partition coefficient (Wildman–Crippen LogP) is 4.70. The normalized spacial score (nSPS) is 25.6. The minimum absolute atomic E-state index is 0.316. The number of rotatable bonds is 3. The molecule has 0 aromatic heterocycles. The van der Waals surface area contributed by atoms with Crippen molar-refractivity contribution in [2.45, 2.75) is 32.6 Å². The Labute approximate surface area is 98.7 Å². The Morgan fingerprint density at radius 3 is 2.50 bits per heavy atom. The topological polar surface area (TPSA) is 0 Å². The lowest BCUT2D eigenvalue weighted by molar-refractivity contribution is 0.305. The highest BCUT2D eigenvalue weighted by atomic mass is 14.4. The minimum Gasteiger partial charge on any atom is -0.0837 e. The van der Waals surface area contributed by atoms with Crippen molar-refractivity contribution in [3.63, 3.8) is 0 Å². The van der Waals surface area contributed by atoms with Gasteiger partial charge in [-0.2, -0.15) is 0 Å². The highest BCUT2D eigenvalue weighted by molar-refractivity contribution is 5.27. The van der Waals surface area contributed by atoms with Crippen LogP contribution in [0.3, 0.4) is 0 Å². The zero-order valence-electron chi connectivity index (χ0n) is 10.2. The highest BCUT2D eigenvalue weighted by Crippen LogP contribution is 2.44. The van der Waals surface area contributed by atoms with Crippen molar-refractivity contribution >= 4 is 0 Å². The molecule has 2 rings (SSSR count). The van der Waals surface area contributed by atoms with Crippen molar-refractivity contribution in [2.24, 2.45) is 5.41 Å². The first-order valence-electron chi connectivity index (χ1n) is 6.18. The third-order valence-corrected chi connectivity index (χ3v) is 3.99. The van der Waals surface area contributed by atoms with E-state index >= 15 is 0 Å². The van der Waals surface area contributed by atoms with Crippen molar-refractivity contribution in [1.82, 2.24) is 0 Å². The SMILES string of the molecule is CCC1(C(C)c2ccccc2)C=CC=CC1. The number of hydrogen-bond acceptors (Lipinski definition) is 0. The van der Waals surface area contributed by atoms with Crippen LogP contribution in [0.15, 0.2) is 54.6 Å². The van der Waals surface area contributed by atoms with Crippen LogP contribution in [0.4, 0.5) is 0 Å². The van der Waals surface area contributed by atoms with Crippen molar-refractivity contribution in [3.05, 3.63) is 60.2 Å². The second-order valence-corrected chi connectivity index (χ2v) is 4.71. The van der Waals surface area contributed by atoms with Crippen LogP contribution in [0.5, 0.6) is 0 Å². The van der Waals surface area contributed by atoms with E-state index in [0.717, 1.165) is 6.42 Å². The van der Waals surface area contributed by atoms with Crippen molar-refractivity contribution in [3.8, 4) is 0 Å². The maximum absolute atomic E-state index is 2.39. The molecule has 0 amide bonds. The minimum atomic E-state index is 0.316. The smallest absolute Gasteiger partial charge is 0.00172 e. The molecule has 1 aromatic carbocycles. The lowest BCUT2D eigenvalue weighted by atomic mass is 9.67. The van der Waals surface area contributed by atoms with E-state index in [9.17, 15) is 0 Å². The van der Waals surface area contributed by atoms with Crippen LogP contribution >= 0.6 is 0 Å². The Balaban J connectivity index is 2.29. The lowest BCUT2D eigenvalue weighted by Crippen LogP contribution is -2.25. The molecular weight excluding hydrogens is 192 g/mol. The Hall–Kier alpha value is -1.30. The molecule has 0 fully saturated rings. The number of benzene rings is 1. The van der Waals surface area contributed by atoms with Crippen LogP contribution in [0.2, 0.25) is 0 Å². The summed E-state index contributed by atoms with van der Waals surface area (Å²) in [4.78, 5) is 0. The summed E-state index contributed by atoms with van der Waals surface area (Å²) in [5, 5.41) is 0. The lowest BCUT2D eigenvalue weighted by Gasteiger charge is -2.36. The number of hydrogen-bond donors (Lipinski definition) is 0. The van der Waals surface area contributed by atoms with Gasteiger partial charge in [0, 0.05) is 0 Å². The van der Waals surface area contributed by atoms with E-state index in [2.05, 4.69) is 68.5 Å². The zero-order chi connectivity index (χ0) is 11.4. The van der Waals surface area contributed by atoms with Crippen LogP contribution in [0.1, 0.15) is 38.2 Å². The van der Waals surface area contributed by atoms with Crippen molar-refractivity contribution in [1.29, 1.82) is 0 Å². The maximum atomic E-state index is 2.39. The summed E-state index contributed by atoms with van der Waals surface area (Å²) in [6.07, 6.45) is 11.4. The monoisotopic (exact) mass is 212 g/mol. The van der Waals surface area contributed by atoms with Crippen LogP contribution in [0, 0.1) is 5.41 Å². The fraction of sp³-hybridized carbons (Fsp3) is 0.375. The molecule has 0 saturated carbocycles. The molecular formula is C16H20. The summed E-state index contributed by atoms with van der Waals surface area (Å²) in [6.45, 7) is 4.64. The molecule has 2 unspecified atom stereocenters. The maximum Gasteiger partial charge on any atom is -0.00172 e. The molecule has 0 N–H and O–H groups in total. The van der Waals surface area contributed by atoms with Crippen LogP contribution in [-0.4, -0.2) is 0 Å². The Morgan fingerprint density at radius 1 is 1.19 bits per heavy atom. The average Bonchev–Trinajstić information content (AvgIpc) is 2.39. The Morgan fingerprint density at radius 2 is 1.94 bits per heavy atom. The van der Waals surface area contributed by atoms with Crippen LogP contribution in [-0.2, 0) is 0 Å². The van der Waals surface area contributed by atoms with E-state index in [1.807, 2.05) is 0 Å². The summed E-state index contributed by atoms with van der Waals surface area (Å²) in [6, 6.07) is 10.9. The van der Waals surface area contributed by atoms with Gasteiger partial charge in [0.15, 0.2) is 0 Å². The van der Waals surface area contributed by atoms with Gasteiger partial charge in [-0.1, -0.05) is 68.5 Å². The molecule has 2 atom stereocenters. The third-order valence-electron chi connectivity index (χ3n) is 3.99. The van der Waals surface area contributed by atoms with E-state index in [4.69, 9.17) is 0 Å². The molecule has 1 aromatic rings. The summed E-state index contributed by atoms with van der Waals surface area (Å²) in [5.41, 5.74) is 1.76. The van der Waals surface area contributed by atoms with E-state index in [-0.39, 0.29) is 0 Å². The molecule has 0 nitrogen and oxygen atoms in total. The second-order valence-electron chi connectivity index (χ2n) is 4.71. The van der Waals surface area contributed by atoms with Gasteiger partial charge in [-0.3, -0.25) is 0 Å². The molecule has 1 aliphatic carbocycles. The van der Waals surface area contributed by atoms with Crippen LogP contribution < -0.4 is 0 Å². The zero-order valence-corrected chi connectivity index (χ0v) is 10.2. The molecule has 0 heteroatoms. The Kier molecular flexibility index (Phi) is 3.28. The first-order chi connectivity index (χ1) is 7.78. The quantitative estimate of drug-likeness (QED) is 0.681. The molecule has 0 heterocycles. The van der Waals surface area contributed by atoms with Crippen molar-refractivity contribution < 1.29 is 0 Å². The first kappa shape index (κ1) is 11.2. The Bertz CT molecular complexity index is 386. The van der Waals surface area contributed by atoms with Gasteiger partial charge in [0.2, 0.25) is 0 Å². The summed E-state index contributed by atoms with van der Waals surface area (Å²) in [5.74, 6) is 0.583. The third kappa shape index (κ3) is 1.97. The first-order valence-corrected chi connectivity index (χ1v) is 6.18. The van der Waals surface area contributed by atoms with E-state index in [1.165, 1.54) is 12.0 Å². The average molecular weight is 212 g/mol. The van der Waals surface area contributed by atoms with Gasteiger partial charge in [-0.05, 0) is 29.7 Å². The van der Waals surface area contributed by atoms with E-state index in [0.29, 0.717) is 11.3 Å². The van der Waals surface area contributed by atoms with Gasteiger partial charge in [0.25, 0.3) is 0 Å². The molecule has 1 aliphatic rings. The molecule has 0 aliphatic heterocycles. The standard InChI is InChI=1S/C16H20/c1-3-16(12-8-5-9-13-16)14(2)15-10-6-4-7-11-15/h4-12,14H,3,13H2,1-2H3. The summed E-state index contributed by atoms with van der Waals surface area (Å²) >= 11 is 0. The van der Waals surface area contributed by atoms with E-state index < -0.39 is 0 Å². The number of allylic oxidation sites excluding steroid dienone is 4. The molecule has 0 spiro atoms. The summed E-state index contributed by atoms with van der Waals surface area (Å²) < 4.78 is 0. The largest absolute Gasteiger partial charge is 0.0837 e. The summed E-state index contributed by atoms with van der Waals surface area (Å²) in [7, 11) is 0. The van der Waals surface area contributed by atoms with Gasteiger partial charge in [-0.25, -0.2) is 0 Å². The fourth-order valence-corrected chi connectivity index (χ4v) is 2.64. The van der Waals surface area contributed by atoms with Crippen molar-refractivity contribution in [2.75, 3.05) is 0 Å². The van der Waals surface area contributed by atoms with Gasteiger partial charge in [0.1, 0.15) is 0 Å². The molecule has 0 radical (unpaired) electrons. The highest BCUT2D eigenvalue weighted by Gasteiger charge is 2.32.